The fraction of sp³-hybridized carbons (Fsp3) is 0.0909. The van der Waals surface area contributed by atoms with Crippen molar-refractivity contribution in [1.82, 2.24) is 9.97 Å². The van der Waals surface area contributed by atoms with Gasteiger partial charge in [-0.05, 0) is 19.1 Å². The summed E-state index contributed by atoms with van der Waals surface area (Å²) in [4.78, 5) is 7.74. The Hall–Kier alpha value is -2.17. The predicted octanol–water partition coefficient (Wildman–Crippen LogP) is 2.30. The van der Waals surface area contributed by atoms with Crippen LogP contribution in [-0.2, 0) is 0 Å². The van der Waals surface area contributed by atoms with Crippen molar-refractivity contribution >= 4 is 5.82 Å². The lowest BCUT2D eigenvalue weighted by Gasteiger charge is -2.07. The molecule has 2 aromatic rings. The zero-order valence-electron chi connectivity index (χ0n) is 8.64. The molecule has 0 saturated heterocycles. The molecule has 2 N–H and O–H groups in total. The van der Waals surface area contributed by atoms with Crippen molar-refractivity contribution in [3.8, 4) is 11.6 Å². The van der Waals surface area contributed by atoms with E-state index in [0.717, 1.165) is 0 Å². The third-order valence-corrected chi connectivity index (χ3v) is 2.09. The van der Waals surface area contributed by atoms with Crippen molar-refractivity contribution < 1.29 is 9.13 Å². The number of halogens is 1. The number of nitrogen functional groups attached to an aromatic ring is 1. The van der Waals surface area contributed by atoms with E-state index in [0.29, 0.717) is 23.0 Å². The maximum absolute atomic E-state index is 12.9. The molecule has 0 radical (unpaired) electrons. The van der Waals surface area contributed by atoms with Gasteiger partial charge in [0.25, 0.3) is 0 Å². The smallest absolute Gasteiger partial charge is 0.227 e. The van der Waals surface area contributed by atoms with E-state index in [4.69, 9.17) is 10.5 Å². The molecule has 16 heavy (non-hydrogen) atoms. The number of nitrogens with two attached hydrogens (primary N) is 1. The van der Waals surface area contributed by atoms with E-state index < -0.39 is 0 Å². The molecule has 1 aromatic carbocycles. The van der Waals surface area contributed by atoms with Crippen molar-refractivity contribution in [2.24, 2.45) is 0 Å². The summed E-state index contributed by atoms with van der Waals surface area (Å²) in [6.45, 7) is 1.74. The zero-order chi connectivity index (χ0) is 11.5. The van der Waals surface area contributed by atoms with Crippen molar-refractivity contribution in [3.63, 3.8) is 0 Å². The normalized spacial score (nSPS) is 10.1. The van der Waals surface area contributed by atoms with Gasteiger partial charge < -0.3 is 10.5 Å². The van der Waals surface area contributed by atoms with Crippen molar-refractivity contribution in [3.05, 3.63) is 42.0 Å². The number of rotatable bonds is 2. The zero-order valence-corrected chi connectivity index (χ0v) is 8.64. The predicted molar refractivity (Wildman–Crippen MR) is 57.7 cm³/mol. The van der Waals surface area contributed by atoms with E-state index in [2.05, 4.69) is 9.97 Å². The van der Waals surface area contributed by atoms with Gasteiger partial charge in [-0.25, -0.2) is 14.4 Å². The minimum absolute atomic E-state index is 0.332. The summed E-state index contributed by atoms with van der Waals surface area (Å²) < 4.78 is 18.3. The monoisotopic (exact) mass is 219 g/mol. The molecule has 1 heterocycles. The second kappa shape index (κ2) is 4.14. The van der Waals surface area contributed by atoms with Gasteiger partial charge in [-0.2, -0.15) is 0 Å². The van der Waals surface area contributed by atoms with Crippen LogP contribution in [0.4, 0.5) is 10.2 Å². The van der Waals surface area contributed by atoms with Gasteiger partial charge in [0.1, 0.15) is 23.7 Å². The molecule has 0 aliphatic heterocycles. The van der Waals surface area contributed by atoms with E-state index in [1.807, 2.05) is 0 Å². The van der Waals surface area contributed by atoms with E-state index in [-0.39, 0.29) is 5.82 Å². The van der Waals surface area contributed by atoms with Gasteiger partial charge in [-0.15, -0.1) is 0 Å². The maximum atomic E-state index is 12.9. The van der Waals surface area contributed by atoms with Crippen LogP contribution in [0, 0.1) is 12.7 Å². The fourth-order valence-corrected chi connectivity index (χ4v) is 1.19. The number of benzene rings is 1. The number of anilines is 1. The minimum atomic E-state index is -0.364. The number of aromatic nitrogens is 2. The average Bonchev–Trinajstić information content (AvgIpc) is 2.25. The lowest BCUT2D eigenvalue weighted by atomic mass is 10.3. The van der Waals surface area contributed by atoms with Crippen LogP contribution in [0.5, 0.6) is 11.6 Å². The standard InChI is InChI=1S/C11H10FN3O/c1-7-10(13)14-6-15-11(7)16-9-4-2-3-8(12)5-9/h2-6H,1H3,(H2,13,14,15). The largest absolute Gasteiger partial charge is 0.438 e. The van der Waals surface area contributed by atoms with Gasteiger partial charge >= 0.3 is 0 Å². The minimum Gasteiger partial charge on any atom is -0.438 e. The number of hydrogen-bond donors (Lipinski definition) is 1. The topological polar surface area (TPSA) is 61.0 Å². The first-order valence-corrected chi connectivity index (χ1v) is 4.67. The third kappa shape index (κ3) is 2.08. The molecule has 0 saturated carbocycles. The van der Waals surface area contributed by atoms with Crippen LogP contribution >= 0.6 is 0 Å². The number of ether oxygens (including phenoxy) is 1. The average molecular weight is 219 g/mol. The van der Waals surface area contributed by atoms with Crippen LogP contribution in [0.1, 0.15) is 5.56 Å². The van der Waals surface area contributed by atoms with Crippen LogP contribution in [0.2, 0.25) is 0 Å². The second-order valence-corrected chi connectivity index (χ2v) is 3.25. The maximum Gasteiger partial charge on any atom is 0.227 e. The molecule has 0 amide bonds. The summed E-state index contributed by atoms with van der Waals surface area (Å²) in [6.07, 6.45) is 1.30. The molecule has 0 bridgehead atoms. The van der Waals surface area contributed by atoms with Crippen LogP contribution in [-0.4, -0.2) is 9.97 Å². The molecular weight excluding hydrogens is 209 g/mol. The Labute approximate surface area is 91.9 Å². The Morgan fingerprint density at radius 3 is 2.88 bits per heavy atom. The molecule has 82 valence electrons. The molecule has 1 aromatic heterocycles. The van der Waals surface area contributed by atoms with Crippen LogP contribution in [0.3, 0.4) is 0 Å². The van der Waals surface area contributed by atoms with Gasteiger partial charge in [0.15, 0.2) is 0 Å². The molecule has 0 fully saturated rings. The first-order chi connectivity index (χ1) is 7.66. The van der Waals surface area contributed by atoms with Gasteiger partial charge in [-0.3, -0.25) is 0 Å². The van der Waals surface area contributed by atoms with Gasteiger partial charge in [-0.1, -0.05) is 6.07 Å². The highest BCUT2D eigenvalue weighted by molar-refractivity contribution is 5.44. The van der Waals surface area contributed by atoms with Crippen LogP contribution in [0.25, 0.3) is 0 Å². The quantitative estimate of drug-likeness (QED) is 0.841. The molecule has 0 spiro atoms. The number of nitrogens with zero attached hydrogens (tertiary/aromatic N) is 2. The van der Waals surface area contributed by atoms with Gasteiger partial charge in [0.2, 0.25) is 5.88 Å². The van der Waals surface area contributed by atoms with E-state index in [1.54, 1.807) is 19.1 Å². The lowest BCUT2D eigenvalue weighted by Crippen LogP contribution is -1.99. The van der Waals surface area contributed by atoms with Crippen LogP contribution in [0.15, 0.2) is 30.6 Å². The molecule has 0 aliphatic rings. The molecular formula is C11H10FN3O. The summed E-state index contributed by atoms with van der Waals surface area (Å²) in [5.41, 5.74) is 6.23. The van der Waals surface area contributed by atoms with Crippen molar-refractivity contribution in [1.29, 1.82) is 0 Å². The summed E-state index contributed by atoms with van der Waals surface area (Å²) in [5, 5.41) is 0. The Kier molecular flexibility index (Phi) is 2.68. The Morgan fingerprint density at radius 2 is 2.12 bits per heavy atom. The second-order valence-electron chi connectivity index (χ2n) is 3.25. The molecule has 0 aliphatic carbocycles. The molecule has 0 unspecified atom stereocenters. The van der Waals surface area contributed by atoms with Crippen molar-refractivity contribution in [2.75, 3.05) is 5.73 Å². The highest BCUT2D eigenvalue weighted by Gasteiger charge is 2.06. The SMILES string of the molecule is Cc1c(N)ncnc1Oc1cccc(F)c1. The lowest BCUT2D eigenvalue weighted by molar-refractivity contribution is 0.453. The highest BCUT2D eigenvalue weighted by atomic mass is 19.1. The van der Waals surface area contributed by atoms with Crippen molar-refractivity contribution in [2.45, 2.75) is 6.92 Å². The van der Waals surface area contributed by atoms with Gasteiger partial charge in [0, 0.05) is 6.07 Å². The summed E-state index contributed by atoms with van der Waals surface area (Å²) in [5.74, 6) is 0.692. The Balaban J connectivity index is 2.31. The van der Waals surface area contributed by atoms with E-state index in [1.165, 1.54) is 18.5 Å². The first-order valence-electron chi connectivity index (χ1n) is 4.67. The fourth-order valence-electron chi connectivity index (χ4n) is 1.19. The molecule has 0 atom stereocenters. The highest BCUT2D eigenvalue weighted by Crippen LogP contribution is 2.24. The summed E-state index contributed by atoms with van der Waals surface area (Å²) in [6, 6.07) is 5.82. The molecule has 5 heteroatoms. The Bertz CT molecular complexity index is 516. The van der Waals surface area contributed by atoms with E-state index in [9.17, 15) is 4.39 Å². The van der Waals surface area contributed by atoms with Gasteiger partial charge in [0.05, 0.1) is 5.56 Å². The first kappa shape index (κ1) is 10.4. The van der Waals surface area contributed by atoms with E-state index >= 15 is 0 Å². The summed E-state index contributed by atoms with van der Waals surface area (Å²) in [7, 11) is 0. The summed E-state index contributed by atoms with van der Waals surface area (Å²) >= 11 is 0. The molecule has 4 nitrogen and oxygen atoms in total. The van der Waals surface area contributed by atoms with Crippen LogP contribution < -0.4 is 10.5 Å². The number of hydrogen-bond acceptors (Lipinski definition) is 4. The Morgan fingerprint density at radius 1 is 1.31 bits per heavy atom. The molecule has 2 rings (SSSR count). The third-order valence-electron chi connectivity index (χ3n) is 2.09.